The molecule has 9 fully saturated rings. The van der Waals surface area contributed by atoms with E-state index in [4.69, 9.17) is 17.2 Å². The van der Waals surface area contributed by atoms with Gasteiger partial charge in [0.15, 0.2) is 0 Å². The summed E-state index contributed by atoms with van der Waals surface area (Å²) in [6.07, 6.45) is 6.22. The van der Waals surface area contributed by atoms with Crippen LogP contribution in [0.2, 0.25) is 0 Å². The van der Waals surface area contributed by atoms with E-state index in [9.17, 15) is 53.1 Å². The minimum Gasteiger partial charge on any atom is -0.481 e. The Hall–Kier alpha value is -5.90. The summed E-state index contributed by atoms with van der Waals surface area (Å²) in [6, 6.07) is -7.40. The third kappa shape index (κ3) is 11.5. The van der Waals surface area contributed by atoms with Crippen LogP contribution in [-0.4, -0.2) is 119 Å². The molecular formula is C44H68N12O11. The number of hydrogen-bond donors (Lipinski definition) is 13. The van der Waals surface area contributed by atoms with E-state index in [0.29, 0.717) is 51.4 Å². The molecule has 0 radical (unpaired) electrons. The second-order valence-electron chi connectivity index (χ2n) is 21.1. The number of carbonyl (C=O) groups excluding carboxylic acids is 9. The zero-order valence-corrected chi connectivity index (χ0v) is 37.9. The fourth-order valence-electron chi connectivity index (χ4n) is 14.0. The minimum absolute atomic E-state index is 0.0109. The van der Waals surface area contributed by atoms with E-state index in [0.717, 1.165) is 12.8 Å². The van der Waals surface area contributed by atoms with Crippen molar-refractivity contribution in [2.24, 2.45) is 51.7 Å². The van der Waals surface area contributed by atoms with Gasteiger partial charge in [0, 0.05) is 30.7 Å². The van der Waals surface area contributed by atoms with E-state index in [1.807, 2.05) is 0 Å². The van der Waals surface area contributed by atoms with E-state index >= 15 is 0 Å². The highest BCUT2D eigenvalue weighted by atomic mass is 16.4. The van der Waals surface area contributed by atoms with Crippen molar-refractivity contribution >= 4 is 59.5 Å². The normalized spacial score (nSPS) is 37.0. The number of carbonyl (C=O) groups is 10. The molecule has 23 nitrogen and oxygen atoms in total. The Bertz CT molecular complexity index is 1990. The molecule has 9 aliphatic rings. The number of carboxylic acid groups (broad SMARTS) is 1. The molecule has 9 rings (SSSR count). The van der Waals surface area contributed by atoms with E-state index < -0.39 is 106 Å². The Morgan fingerprint density at radius 1 is 0.493 bits per heavy atom. The molecule has 1 saturated heterocycles. The number of primary amides is 3. The van der Waals surface area contributed by atoms with Gasteiger partial charge in [-0.1, -0.05) is 0 Å². The van der Waals surface area contributed by atoms with E-state index in [1.165, 1.54) is 0 Å². The Morgan fingerprint density at radius 2 is 0.821 bits per heavy atom. The van der Waals surface area contributed by atoms with Gasteiger partial charge in [0.2, 0.25) is 35.4 Å². The molecule has 4 spiro atoms. The summed E-state index contributed by atoms with van der Waals surface area (Å²) in [7, 11) is 0. The van der Waals surface area contributed by atoms with Crippen LogP contribution in [0.4, 0.5) is 14.4 Å². The molecule has 23 heteroatoms. The molecular weight excluding hydrogens is 873 g/mol. The molecule has 8 aliphatic carbocycles. The number of hydrogen-bond acceptors (Lipinski definition) is 10. The summed E-state index contributed by atoms with van der Waals surface area (Å²) in [5.41, 5.74) is 12.1. The fourth-order valence-corrected chi connectivity index (χ4v) is 14.0. The molecule has 16 N–H and O–H groups in total. The molecule has 12 atom stereocenters. The fraction of sp³-hybridized carbons (Fsp3) is 0.773. The number of rotatable bonds is 14. The standard InChI is InChI=1S/C44H68N12O11/c45-38(65)48-7-1-4-27-32(59)51-28(5-2-8-49-39(46)66)34(61)55-44-19-25-11-26(20-44)16-42(15-25,22-44)37(64)54-30(12-31(57)58)33(60)52-29(6-3-9-50-40(47)67)35(62)56-43-17-23-10-24(18-43)14-41(13-23,21-43)36(63)53-27/h23-30H,1-22H2,(H,51,59)(H,52,60)(H,53,63)(H,54,64)(H,55,61)(H,56,62)(H,57,58)(H3,45,48,65)(H3,46,49,66)(H3,47,50,67)/t23-,24?,25-,26?,27-,28-,29-,30-,41-,42-,43+,44+/m0/s1. The predicted molar refractivity (Wildman–Crippen MR) is 236 cm³/mol. The molecule has 0 aromatic rings. The van der Waals surface area contributed by atoms with Crippen LogP contribution in [0.1, 0.15) is 122 Å². The van der Waals surface area contributed by atoms with Gasteiger partial charge in [-0.3, -0.25) is 33.6 Å². The Kier molecular flexibility index (Phi) is 14.4. The lowest BCUT2D eigenvalue weighted by Gasteiger charge is -2.61. The number of urea groups is 3. The molecule has 370 valence electrons. The first kappa shape index (κ1) is 49.0. The molecule has 2 unspecified atom stereocenters. The zero-order valence-electron chi connectivity index (χ0n) is 37.9. The maximum absolute atomic E-state index is 14.8. The lowest BCUT2D eigenvalue weighted by molar-refractivity contribution is -0.157. The van der Waals surface area contributed by atoms with Crippen LogP contribution in [0, 0.1) is 34.5 Å². The van der Waals surface area contributed by atoms with Crippen LogP contribution in [0.25, 0.3) is 0 Å². The number of nitrogens with one attached hydrogen (secondary N) is 9. The summed E-state index contributed by atoms with van der Waals surface area (Å²) in [5.74, 6) is -4.77. The van der Waals surface area contributed by atoms with Gasteiger partial charge in [0.25, 0.3) is 0 Å². The number of carboxylic acids is 1. The van der Waals surface area contributed by atoms with Gasteiger partial charge < -0.3 is 70.2 Å². The highest BCUT2D eigenvalue weighted by molar-refractivity contribution is 5.96. The van der Waals surface area contributed by atoms with Gasteiger partial charge in [-0.25, -0.2) is 14.4 Å². The average Bonchev–Trinajstić information content (AvgIpc) is 3.21. The topological polar surface area (TPSA) is 377 Å². The van der Waals surface area contributed by atoms with Crippen molar-refractivity contribution in [1.29, 1.82) is 0 Å². The number of amides is 12. The summed E-state index contributed by atoms with van der Waals surface area (Å²) < 4.78 is 0. The van der Waals surface area contributed by atoms with Gasteiger partial charge in [0.05, 0.1) is 17.3 Å². The second-order valence-corrected chi connectivity index (χ2v) is 21.1. The molecule has 1 heterocycles. The first-order chi connectivity index (χ1) is 31.7. The maximum Gasteiger partial charge on any atom is 0.312 e. The highest BCUT2D eigenvalue weighted by Gasteiger charge is 2.63. The molecule has 67 heavy (non-hydrogen) atoms. The van der Waals surface area contributed by atoms with Crippen molar-refractivity contribution in [2.45, 2.75) is 157 Å². The number of nitrogens with two attached hydrogens (primary N) is 3. The van der Waals surface area contributed by atoms with Gasteiger partial charge in [0.1, 0.15) is 24.2 Å². The summed E-state index contributed by atoms with van der Waals surface area (Å²) >= 11 is 0. The molecule has 0 aromatic heterocycles. The lowest BCUT2D eigenvalue weighted by atomic mass is 9.46. The maximum atomic E-state index is 14.8. The van der Waals surface area contributed by atoms with Crippen LogP contribution < -0.4 is 65.1 Å². The van der Waals surface area contributed by atoms with Crippen molar-refractivity contribution < 1.29 is 53.1 Å². The monoisotopic (exact) mass is 941 g/mol. The third-order valence-electron chi connectivity index (χ3n) is 15.7. The summed E-state index contributed by atoms with van der Waals surface area (Å²) in [5, 5.41) is 35.3. The zero-order chi connectivity index (χ0) is 48.3. The molecule has 12 amide bonds. The molecule has 8 saturated carbocycles. The van der Waals surface area contributed by atoms with Gasteiger partial charge in [-0.05, 0) is 139 Å². The largest absolute Gasteiger partial charge is 0.481 e. The highest BCUT2D eigenvalue weighted by Crippen LogP contribution is 2.63. The lowest BCUT2D eigenvalue weighted by Crippen LogP contribution is -2.69. The molecule has 1 aliphatic heterocycles. The predicted octanol–water partition coefficient (Wildman–Crippen LogP) is -1.33. The number of aliphatic carboxylic acids is 1. The average molecular weight is 941 g/mol. The van der Waals surface area contributed by atoms with Crippen molar-refractivity contribution in [3.05, 3.63) is 0 Å². The summed E-state index contributed by atoms with van der Waals surface area (Å²) in [6.45, 7) is 0.288. The Labute approximate surface area is 388 Å². The molecule has 8 bridgehead atoms. The Balaban J connectivity index is 1.24. The smallest absolute Gasteiger partial charge is 0.312 e. The van der Waals surface area contributed by atoms with E-state index in [-0.39, 0.29) is 101 Å². The van der Waals surface area contributed by atoms with Gasteiger partial charge >= 0.3 is 24.1 Å². The van der Waals surface area contributed by atoms with Crippen LogP contribution in [0.5, 0.6) is 0 Å². The Morgan fingerprint density at radius 3 is 1.16 bits per heavy atom. The first-order valence-corrected chi connectivity index (χ1v) is 23.9. The SMILES string of the molecule is NC(=O)NCCC[C@@H]1NC(=O)[C@H](CC(=O)O)NC(=O)[C@@]23CC4C[C@H](C[C@@](C4)(C2)NC(=O)[C@H](CCCNC(N)=O)NC(=O)[C@H](CCCNC(N)=O)NC(=O)[C@@]24CC5C[C@H](C[C@@](C5)(C2)NC1=O)C4)C3. The third-order valence-corrected chi connectivity index (χ3v) is 15.7. The van der Waals surface area contributed by atoms with Crippen molar-refractivity contribution in [3.63, 3.8) is 0 Å². The van der Waals surface area contributed by atoms with E-state index in [2.05, 4.69) is 47.9 Å². The first-order valence-electron chi connectivity index (χ1n) is 23.9. The minimum atomic E-state index is -1.57. The quantitative estimate of drug-likeness (QED) is 0.0905. The summed E-state index contributed by atoms with van der Waals surface area (Å²) in [4.78, 5) is 134. The van der Waals surface area contributed by atoms with E-state index in [1.54, 1.807) is 0 Å². The van der Waals surface area contributed by atoms with Crippen LogP contribution in [-0.2, 0) is 33.6 Å². The van der Waals surface area contributed by atoms with Crippen molar-refractivity contribution in [1.82, 2.24) is 47.9 Å². The van der Waals surface area contributed by atoms with Crippen LogP contribution in [0.15, 0.2) is 0 Å². The van der Waals surface area contributed by atoms with Crippen LogP contribution >= 0.6 is 0 Å². The van der Waals surface area contributed by atoms with Crippen molar-refractivity contribution in [3.8, 4) is 0 Å². The van der Waals surface area contributed by atoms with Gasteiger partial charge in [-0.15, -0.1) is 0 Å². The second kappa shape index (κ2) is 19.7. The van der Waals surface area contributed by atoms with Crippen LogP contribution in [0.3, 0.4) is 0 Å². The van der Waals surface area contributed by atoms with Crippen molar-refractivity contribution in [2.75, 3.05) is 19.6 Å². The van der Waals surface area contributed by atoms with Gasteiger partial charge in [-0.2, -0.15) is 0 Å². The molecule has 0 aromatic carbocycles.